The molecule has 1 aromatic rings. The second-order valence-electron chi connectivity index (χ2n) is 5.68. The van der Waals surface area contributed by atoms with Crippen molar-refractivity contribution in [3.05, 3.63) is 17.8 Å². The molecule has 1 amide bonds. The largest absolute Gasteiger partial charge is 0.379 e. The Hall–Kier alpha value is -1.73. The van der Waals surface area contributed by atoms with Crippen LogP contribution in [0, 0.1) is 0 Å². The zero-order valence-corrected chi connectivity index (χ0v) is 12.8. The summed E-state index contributed by atoms with van der Waals surface area (Å²) in [5.74, 6) is 0.705. The van der Waals surface area contributed by atoms with Crippen molar-refractivity contribution < 1.29 is 9.53 Å². The van der Waals surface area contributed by atoms with Crippen LogP contribution in [0.5, 0.6) is 0 Å². The summed E-state index contributed by atoms with van der Waals surface area (Å²) in [6.45, 7) is 7.03. The Bertz CT molecular complexity index is 481. The summed E-state index contributed by atoms with van der Waals surface area (Å²) in [6.07, 6.45) is 2.17. The zero-order valence-electron chi connectivity index (χ0n) is 12.8. The molecule has 1 aromatic heterocycles. The van der Waals surface area contributed by atoms with E-state index in [-0.39, 0.29) is 5.91 Å². The van der Waals surface area contributed by atoms with Gasteiger partial charge in [0.2, 0.25) is 0 Å². The van der Waals surface area contributed by atoms with Crippen LogP contribution in [0.25, 0.3) is 0 Å². The lowest BCUT2D eigenvalue weighted by atomic mass is 10.3. The summed E-state index contributed by atoms with van der Waals surface area (Å²) in [7, 11) is 0. The van der Waals surface area contributed by atoms with Gasteiger partial charge in [0.05, 0.1) is 13.2 Å². The molecule has 0 aliphatic carbocycles. The molecule has 0 bridgehead atoms. The van der Waals surface area contributed by atoms with Gasteiger partial charge >= 0.3 is 0 Å². The minimum atomic E-state index is -0.00938. The van der Waals surface area contributed by atoms with Gasteiger partial charge in [0.1, 0.15) is 5.82 Å². The molecule has 22 heavy (non-hydrogen) atoms. The molecule has 120 valence electrons. The van der Waals surface area contributed by atoms with Gasteiger partial charge in [-0.1, -0.05) is 0 Å². The number of ether oxygens (including phenoxy) is 1. The Labute approximate surface area is 130 Å². The van der Waals surface area contributed by atoms with Gasteiger partial charge in [0.15, 0.2) is 5.69 Å². The third-order valence-electron chi connectivity index (χ3n) is 4.11. The van der Waals surface area contributed by atoms with E-state index in [1.807, 2.05) is 11.0 Å². The van der Waals surface area contributed by atoms with E-state index >= 15 is 0 Å². The fourth-order valence-electron chi connectivity index (χ4n) is 2.79. The van der Waals surface area contributed by atoms with E-state index < -0.39 is 0 Å². The highest BCUT2D eigenvalue weighted by Gasteiger charge is 2.20. The Morgan fingerprint density at radius 3 is 2.59 bits per heavy atom. The molecule has 2 saturated heterocycles. The molecule has 3 rings (SSSR count). The maximum atomic E-state index is 12.2. The van der Waals surface area contributed by atoms with Crippen molar-refractivity contribution >= 4 is 11.7 Å². The van der Waals surface area contributed by atoms with E-state index in [1.54, 1.807) is 6.07 Å². The molecule has 2 aliphatic rings. The average Bonchev–Trinajstić information content (AvgIpc) is 3.10. The smallest absolute Gasteiger partial charge is 0.274 e. The molecule has 2 fully saturated rings. The number of hydrogen-bond acceptors (Lipinski definition) is 6. The van der Waals surface area contributed by atoms with E-state index in [2.05, 4.69) is 20.4 Å². The van der Waals surface area contributed by atoms with Gasteiger partial charge in [0.25, 0.3) is 5.91 Å². The number of anilines is 1. The first-order valence-corrected chi connectivity index (χ1v) is 8.00. The number of carbonyl (C=O) groups excluding carboxylic acids is 1. The number of carbonyl (C=O) groups is 1. The molecule has 0 aromatic carbocycles. The van der Waals surface area contributed by atoms with Crippen molar-refractivity contribution in [2.75, 3.05) is 57.8 Å². The fraction of sp³-hybridized carbons (Fsp3) is 0.667. The van der Waals surface area contributed by atoms with Gasteiger partial charge in [-0.05, 0) is 25.0 Å². The standard InChI is InChI=1S/C15H23N5O2/c21-15(20-6-1-2-7-20)13-3-4-14(18-17-13)16-5-8-19-9-11-22-12-10-19/h3-4H,1-2,5-12H2,(H,16,18). The molecular formula is C15H23N5O2. The molecule has 7 heteroatoms. The number of hydrogen-bond donors (Lipinski definition) is 1. The second kappa shape index (κ2) is 7.51. The summed E-state index contributed by atoms with van der Waals surface area (Å²) in [6, 6.07) is 3.58. The topological polar surface area (TPSA) is 70.6 Å². The average molecular weight is 305 g/mol. The highest BCUT2D eigenvalue weighted by atomic mass is 16.5. The quantitative estimate of drug-likeness (QED) is 0.852. The van der Waals surface area contributed by atoms with Crippen molar-refractivity contribution in [3.8, 4) is 0 Å². The Morgan fingerprint density at radius 1 is 1.14 bits per heavy atom. The number of rotatable bonds is 5. The van der Waals surface area contributed by atoms with Crippen LogP contribution in [0.3, 0.4) is 0 Å². The molecule has 0 saturated carbocycles. The minimum absolute atomic E-state index is 0.00938. The van der Waals surface area contributed by atoms with Gasteiger partial charge in [-0.25, -0.2) is 0 Å². The minimum Gasteiger partial charge on any atom is -0.379 e. The number of morpholine rings is 1. The molecule has 0 radical (unpaired) electrons. The molecule has 0 spiro atoms. The first-order chi connectivity index (χ1) is 10.8. The lowest BCUT2D eigenvalue weighted by Gasteiger charge is -2.26. The van der Waals surface area contributed by atoms with Gasteiger partial charge < -0.3 is 15.0 Å². The van der Waals surface area contributed by atoms with Crippen LogP contribution >= 0.6 is 0 Å². The summed E-state index contributed by atoms with van der Waals surface area (Å²) in [5, 5.41) is 11.4. The van der Waals surface area contributed by atoms with Gasteiger partial charge in [0, 0.05) is 39.3 Å². The maximum Gasteiger partial charge on any atom is 0.274 e. The van der Waals surface area contributed by atoms with E-state index in [0.717, 1.165) is 65.3 Å². The third kappa shape index (κ3) is 3.92. The van der Waals surface area contributed by atoms with Crippen molar-refractivity contribution in [3.63, 3.8) is 0 Å². The number of amides is 1. The molecule has 7 nitrogen and oxygen atoms in total. The Kier molecular flexibility index (Phi) is 5.18. The van der Waals surface area contributed by atoms with E-state index in [0.29, 0.717) is 11.5 Å². The first kappa shape index (κ1) is 15.2. The van der Waals surface area contributed by atoms with Crippen molar-refractivity contribution in [2.45, 2.75) is 12.8 Å². The van der Waals surface area contributed by atoms with Crippen LogP contribution in [0.1, 0.15) is 23.3 Å². The van der Waals surface area contributed by atoms with Crippen LogP contribution < -0.4 is 5.32 Å². The number of nitrogens with zero attached hydrogens (tertiary/aromatic N) is 4. The van der Waals surface area contributed by atoms with Crippen LogP contribution in [0.15, 0.2) is 12.1 Å². The lowest BCUT2D eigenvalue weighted by Crippen LogP contribution is -2.39. The van der Waals surface area contributed by atoms with Crippen LogP contribution in [0.2, 0.25) is 0 Å². The number of aromatic nitrogens is 2. The predicted octanol–water partition coefficient (Wildman–Crippen LogP) is 0.457. The fourth-order valence-corrected chi connectivity index (χ4v) is 2.79. The number of nitrogens with one attached hydrogen (secondary N) is 1. The second-order valence-corrected chi connectivity index (χ2v) is 5.68. The maximum absolute atomic E-state index is 12.2. The molecule has 3 heterocycles. The van der Waals surface area contributed by atoms with Gasteiger partial charge in [-0.2, -0.15) is 0 Å². The zero-order chi connectivity index (χ0) is 15.2. The highest BCUT2D eigenvalue weighted by molar-refractivity contribution is 5.92. The molecule has 2 aliphatic heterocycles. The normalized spacial score (nSPS) is 19.4. The van der Waals surface area contributed by atoms with Crippen molar-refractivity contribution in [1.29, 1.82) is 0 Å². The Morgan fingerprint density at radius 2 is 1.91 bits per heavy atom. The lowest BCUT2D eigenvalue weighted by molar-refractivity contribution is 0.0398. The van der Waals surface area contributed by atoms with Gasteiger partial charge in [-0.3, -0.25) is 9.69 Å². The van der Waals surface area contributed by atoms with E-state index in [1.165, 1.54) is 0 Å². The third-order valence-corrected chi connectivity index (χ3v) is 4.11. The molecule has 0 unspecified atom stereocenters. The monoisotopic (exact) mass is 305 g/mol. The first-order valence-electron chi connectivity index (χ1n) is 8.00. The van der Waals surface area contributed by atoms with Gasteiger partial charge in [-0.15, -0.1) is 10.2 Å². The molecular weight excluding hydrogens is 282 g/mol. The van der Waals surface area contributed by atoms with E-state index in [4.69, 9.17) is 4.74 Å². The number of likely N-dealkylation sites (tertiary alicyclic amines) is 1. The van der Waals surface area contributed by atoms with Crippen molar-refractivity contribution in [1.82, 2.24) is 20.0 Å². The SMILES string of the molecule is O=C(c1ccc(NCCN2CCOCC2)nn1)N1CCCC1. The molecule has 0 atom stereocenters. The van der Waals surface area contributed by atoms with Crippen LogP contribution in [-0.2, 0) is 4.74 Å². The van der Waals surface area contributed by atoms with Crippen molar-refractivity contribution in [2.24, 2.45) is 0 Å². The summed E-state index contributed by atoms with van der Waals surface area (Å²) < 4.78 is 5.32. The summed E-state index contributed by atoms with van der Waals surface area (Å²) >= 11 is 0. The summed E-state index contributed by atoms with van der Waals surface area (Å²) in [5.41, 5.74) is 0.431. The van der Waals surface area contributed by atoms with E-state index in [9.17, 15) is 4.79 Å². The van der Waals surface area contributed by atoms with Crippen LogP contribution in [0.4, 0.5) is 5.82 Å². The predicted molar refractivity (Wildman–Crippen MR) is 82.9 cm³/mol. The highest BCUT2D eigenvalue weighted by Crippen LogP contribution is 2.12. The van der Waals surface area contributed by atoms with Crippen LogP contribution in [-0.4, -0.2) is 78.4 Å². The summed E-state index contributed by atoms with van der Waals surface area (Å²) in [4.78, 5) is 16.4. The Balaban J connectivity index is 1.45. The molecule has 1 N–H and O–H groups in total.